The van der Waals surface area contributed by atoms with E-state index in [-0.39, 0.29) is 18.9 Å². The van der Waals surface area contributed by atoms with E-state index in [0.717, 1.165) is 33.4 Å². The van der Waals surface area contributed by atoms with Gasteiger partial charge in [0.05, 0.1) is 0 Å². The molecule has 0 saturated carbocycles. The summed E-state index contributed by atoms with van der Waals surface area (Å²) in [6.07, 6.45) is 0. The van der Waals surface area contributed by atoms with E-state index in [1.165, 1.54) is 0 Å². The van der Waals surface area contributed by atoms with E-state index in [9.17, 15) is 0 Å². The second-order valence-corrected chi connectivity index (χ2v) is 9.99. The van der Waals surface area contributed by atoms with E-state index in [4.69, 9.17) is 5.84 Å². The van der Waals surface area contributed by atoms with Gasteiger partial charge in [-0.1, -0.05) is 182 Å². The monoisotopic (exact) mass is 524 g/mol. The van der Waals surface area contributed by atoms with Crippen molar-refractivity contribution in [3.05, 3.63) is 215 Å². The van der Waals surface area contributed by atoms with Crippen molar-refractivity contribution in [2.24, 2.45) is 5.84 Å². The molecule has 6 aromatic carbocycles. The molecule has 0 aliphatic rings. The zero-order valence-corrected chi connectivity index (χ0v) is 22.3. The molecule has 0 spiro atoms. The van der Waals surface area contributed by atoms with Gasteiger partial charge in [-0.2, -0.15) is 0 Å². The SMILES string of the molecule is NN(C(c1ccccc1)(c1ccccc1)c1ccccc1)C(c1ccccc1)(c1ccccc1)c1ccccc1.[LiH]. The van der Waals surface area contributed by atoms with Gasteiger partial charge in [-0.05, 0) is 33.4 Å². The minimum absolute atomic E-state index is 0. The molecule has 0 heterocycles. The van der Waals surface area contributed by atoms with Crippen molar-refractivity contribution >= 4 is 18.9 Å². The number of nitrogens with two attached hydrogens (primary N) is 1. The van der Waals surface area contributed by atoms with Crippen LogP contribution in [0.2, 0.25) is 0 Å². The van der Waals surface area contributed by atoms with Crippen LogP contribution in [-0.4, -0.2) is 23.9 Å². The molecule has 3 heteroatoms. The second-order valence-electron chi connectivity index (χ2n) is 9.99. The first-order chi connectivity index (χ1) is 19.8. The second kappa shape index (κ2) is 12.6. The van der Waals surface area contributed by atoms with Crippen LogP contribution in [-0.2, 0) is 11.1 Å². The van der Waals surface area contributed by atoms with Crippen molar-refractivity contribution in [3.8, 4) is 0 Å². The standard InChI is InChI=1S/C38H32N2.Li.H/c39-40(37(31-19-7-1-8-20-31,32-21-9-2-10-22-32)33-23-11-3-12-24-33)38(34-25-13-4-14-26-34,35-27-15-5-16-28-35)36-29-17-6-18-30-36;;/h1-30H,39H2;;. The number of hydrogen-bond donors (Lipinski definition) is 1. The maximum absolute atomic E-state index is 7.86. The summed E-state index contributed by atoms with van der Waals surface area (Å²) < 4.78 is 0. The topological polar surface area (TPSA) is 29.3 Å². The Morgan fingerprint density at radius 3 is 0.585 bits per heavy atom. The molecule has 0 atom stereocenters. The van der Waals surface area contributed by atoms with Crippen LogP contribution in [0.1, 0.15) is 33.4 Å². The summed E-state index contributed by atoms with van der Waals surface area (Å²) in [6.45, 7) is 0. The molecule has 0 saturated heterocycles. The molecule has 0 fully saturated rings. The van der Waals surface area contributed by atoms with Crippen LogP contribution in [0.5, 0.6) is 0 Å². The van der Waals surface area contributed by atoms with Crippen LogP contribution in [0.15, 0.2) is 182 Å². The summed E-state index contributed by atoms with van der Waals surface area (Å²) in [5.41, 5.74) is 4.80. The normalized spacial score (nSPS) is 11.6. The van der Waals surface area contributed by atoms with Crippen LogP contribution < -0.4 is 5.84 Å². The third-order valence-corrected chi connectivity index (χ3v) is 7.87. The summed E-state index contributed by atoms with van der Waals surface area (Å²) in [6, 6.07) is 63.7. The fourth-order valence-corrected chi connectivity index (χ4v) is 6.16. The van der Waals surface area contributed by atoms with Gasteiger partial charge in [0.2, 0.25) is 0 Å². The Kier molecular flexibility index (Phi) is 8.69. The molecule has 0 amide bonds. The number of nitrogens with zero attached hydrogens (tertiary/aromatic N) is 1. The quantitative estimate of drug-likeness (QED) is 0.0967. The molecule has 2 N–H and O–H groups in total. The first kappa shape index (κ1) is 28.4. The fraction of sp³-hybridized carbons (Fsp3) is 0.0526. The Balaban J connectivity index is 0.00000337. The van der Waals surface area contributed by atoms with Crippen molar-refractivity contribution in [3.63, 3.8) is 0 Å². The van der Waals surface area contributed by atoms with Gasteiger partial charge in [0.25, 0.3) is 0 Å². The molecule has 0 bridgehead atoms. The molecule has 2 nitrogen and oxygen atoms in total. The molecule has 0 aliphatic heterocycles. The van der Waals surface area contributed by atoms with E-state index >= 15 is 0 Å². The molecule has 6 aromatic rings. The van der Waals surface area contributed by atoms with Crippen LogP contribution >= 0.6 is 0 Å². The Morgan fingerprint density at radius 1 is 0.293 bits per heavy atom. The van der Waals surface area contributed by atoms with Crippen molar-refractivity contribution in [1.82, 2.24) is 5.01 Å². The summed E-state index contributed by atoms with van der Waals surface area (Å²) in [5, 5.41) is 2.10. The van der Waals surface area contributed by atoms with E-state index in [0.29, 0.717) is 0 Å². The molecule has 6 rings (SSSR count). The van der Waals surface area contributed by atoms with Crippen LogP contribution in [0.25, 0.3) is 0 Å². The molecule has 0 radical (unpaired) electrons. The summed E-state index contributed by atoms with van der Waals surface area (Å²) in [7, 11) is 0. The van der Waals surface area contributed by atoms with Gasteiger partial charge in [-0.3, -0.25) is 5.84 Å². The van der Waals surface area contributed by atoms with Crippen LogP contribution in [0.4, 0.5) is 0 Å². The Labute approximate surface area is 255 Å². The van der Waals surface area contributed by atoms with Gasteiger partial charge >= 0.3 is 18.9 Å². The van der Waals surface area contributed by atoms with Gasteiger partial charge in [0.15, 0.2) is 0 Å². The van der Waals surface area contributed by atoms with E-state index < -0.39 is 11.1 Å². The molecular formula is C38H33LiN2. The van der Waals surface area contributed by atoms with E-state index in [1.54, 1.807) is 0 Å². The summed E-state index contributed by atoms with van der Waals surface area (Å²) >= 11 is 0. The van der Waals surface area contributed by atoms with Gasteiger partial charge in [-0.25, -0.2) is 5.01 Å². The molecule has 196 valence electrons. The van der Waals surface area contributed by atoms with Crippen LogP contribution in [0.3, 0.4) is 0 Å². The van der Waals surface area contributed by atoms with E-state index in [1.807, 2.05) is 0 Å². The fourth-order valence-electron chi connectivity index (χ4n) is 6.16. The zero-order valence-electron chi connectivity index (χ0n) is 22.3. The molecule has 0 aromatic heterocycles. The van der Waals surface area contributed by atoms with Crippen molar-refractivity contribution in [2.75, 3.05) is 0 Å². The minimum atomic E-state index is -0.856. The van der Waals surface area contributed by atoms with Gasteiger partial charge in [-0.15, -0.1) is 0 Å². The number of hydrogen-bond acceptors (Lipinski definition) is 2. The third kappa shape index (κ3) is 4.87. The molecule has 0 unspecified atom stereocenters. The van der Waals surface area contributed by atoms with Gasteiger partial charge in [0.1, 0.15) is 11.1 Å². The summed E-state index contributed by atoms with van der Waals surface area (Å²) in [4.78, 5) is 0. The Hall–Kier alpha value is -4.16. The van der Waals surface area contributed by atoms with Crippen LogP contribution in [0, 0.1) is 0 Å². The van der Waals surface area contributed by atoms with Crippen molar-refractivity contribution in [2.45, 2.75) is 11.1 Å². The Bertz CT molecular complexity index is 1310. The van der Waals surface area contributed by atoms with Crippen molar-refractivity contribution in [1.29, 1.82) is 0 Å². The predicted octanol–water partition coefficient (Wildman–Crippen LogP) is 7.50. The zero-order chi connectivity index (χ0) is 27.3. The molecular weight excluding hydrogens is 491 g/mol. The predicted molar refractivity (Wildman–Crippen MR) is 172 cm³/mol. The average molecular weight is 525 g/mol. The van der Waals surface area contributed by atoms with E-state index in [2.05, 4.69) is 187 Å². The maximum atomic E-state index is 7.86. The van der Waals surface area contributed by atoms with Gasteiger partial charge in [0, 0.05) is 0 Å². The average Bonchev–Trinajstić information content (AvgIpc) is 3.05. The first-order valence-electron chi connectivity index (χ1n) is 13.7. The number of hydrazine groups is 1. The molecule has 0 aliphatic carbocycles. The molecule has 41 heavy (non-hydrogen) atoms. The third-order valence-electron chi connectivity index (χ3n) is 7.87. The number of rotatable bonds is 8. The first-order valence-corrected chi connectivity index (χ1v) is 13.7. The van der Waals surface area contributed by atoms with Crippen molar-refractivity contribution < 1.29 is 0 Å². The number of benzene rings is 6. The summed E-state index contributed by atoms with van der Waals surface area (Å²) in [5.74, 6) is 7.86. The Morgan fingerprint density at radius 2 is 0.439 bits per heavy atom. The van der Waals surface area contributed by atoms with Gasteiger partial charge < -0.3 is 0 Å².